The lowest BCUT2D eigenvalue weighted by molar-refractivity contribution is 0.0850. The van der Waals surface area contributed by atoms with E-state index in [2.05, 4.69) is 0 Å². The van der Waals surface area contributed by atoms with Crippen LogP contribution >= 0.6 is 0 Å². The van der Waals surface area contributed by atoms with Gasteiger partial charge in [-0.15, -0.1) is 0 Å². The van der Waals surface area contributed by atoms with Gasteiger partial charge in [-0.25, -0.2) is 0 Å². The summed E-state index contributed by atoms with van der Waals surface area (Å²) in [5.74, 6) is 1.58. The number of hydrogen-bond acceptors (Lipinski definition) is 3. The second-order valence-electron chi connectivity index (χ2n) is 6.07. The van der Waals surface area contributed by atoms with E-state index in [4.69, 9.17) is 9.47 Å². The van der Waals surface area contributed by atoms with Crippen LogP contribution in [0.1, 0.15) is 34.0 Å². The second kappa shape index (κ2) is 6.81. The first-order valence-electron chi connectivity index (χ1n) is 8.35. The standard InChI is InChI=1S/C22H18O3/c23-20-14-22(25-21-9-5-4-8-19(20)21)17-10-12-18(13-11-17)24-15-16-6-2-1-3-7-16/h1-13,22H,14-15H2. The maximum absolute atomic E-state index is 12.3. The lowest BCUT2D eigenvalue weighted by Gasteiger charge is -2.25. The van der Waals surface area contributed by atoms with E-state index in [9.17, 15) is 4.79 Å². The van der Waals surface area contributed by atoms with Crippen LogP contribution in [0.25, 0.3) is 0 Å². The van der Waals surface area contributed by atoms with E-state index >= 15 is 0 Å². The molecule has 0 aromatic heterocycles. The van der Waals surface area contributed by atoms with Crippen molar-refractivity contribution in [1.82, 2.24) is 0 Å². The van der Waals surface area contributed by atoms with Crippen molar-refractivity contribution in [2.45, 2.75) is 19.1 Å². The van der Waals surface area contributed by atoms with Crippen molar-refractivity contribution in [1.29, 1.82) is 0 Å². The molecule has 3 aromatic carbocycles. The summed E-state index contributed by atoms with van der Waals surface area (Å²) >= 11 is 0. The highest BCUT2D eigenvalue weighted by atomic mass is 16.5. The smallest absolute Gasteiger partial charge is 0.170 e. The molecule has 4 rings (SSSR count). The van der Waals surface area contributed by atoms with Crippen LogP contribution in [0.2, 0.25) is 0 Å². The minimum Gasteiger partial charge on any atom is -0.489 e. The highest BCUT2D eigenvalue weighted by Crippen LogP contribution is 2.35. The van der Waals surface area contributed by atoms with E-state index in [0.29, 0.717) is 24.3 Å². The molecule has 3 aromatic rings. The third kappa shape index (κ3) is 3.41. The molecular formula is C22H18O3. The number of ketones is 1. The van der Waals surface area contributed by atoms with Gasteiger partial charge >= 0.3 is 0 Å². The first kappa shape index (κ1) is 15.5. The fourth-order valence-corrected chi connectivity index (χ4v) is 2.98. The number of benzene rings is 3. The van der Waals surface area contributed by atoms with Crippen LogP contribution in [0.15, 0.2) is 78.9 Å². The average molecular weight is 330 g/mol. The van der Waals surface area contributed by atoms with Gasteiger partial charge in [0, 0.05) is 0 Å². The van der Waals surface area contributed by atoms with Crippen LogP contribution in [-0.4, -0.2) is 5.78 Å². The number of fused-ring (bicyclic) bond motifs is 1. The Bertz CT molecular complexity index is 869. The zero-order valence-electron chi connectivity index (χ0n) is 13.7. The number of ether oxygens (including phenoxy) is 2. The van der Waals surface area contributed by atoms with Gasteiger partial charge in [-0.3, -0.25) is 4.79 Å². The minimum absolute atomic E-state index is 0.122. The monoisotopic (exact) mass is 330 g/mol. The van der Waals surface area contributed by atoms with E-state index in [0.717, 1.165) is 16.9 Å². The number of carbonyl (C=O) groups is 1. The number of rotatable bonds is 4. The van der Waals surface area contributed by atoms with Crippen LogP contribution in [-0.2, 0) is 6.61 Å². The molecule has 3 heteroatoms. The summed E-state index contributed by atoms with van der Waals surface area (Å²) in [4.78, 5) is 12.3. The van der Waals surface area contributed by atoms with E-state index in [1.807, 2.05) is 78.9 Å². The third-order valence-electron chi connectivity index (χ3n) is 4.33. The summed E-state index contributed by atoms with van der Waals surface area (Å²) in [7, 11) is 0. The normalized spacial score (nSPS) is 16.0. The summed E-state index contributed by atoms with van der Waals surface area (Å²) in [6.45, 7) is 0.534. The van der Waals surface area contributed by atoms with Crippen molar-refractivity contribution in [3.05, 3.63) is 95.6 Å². The van der Waals surface area contributed by atoms with Crippen molar-refractivity contribution >= 4 is 5.78 Å². The van der Waals surface area contributed by atoms with Crippen molar-refractivity contribution in [3.8, 4) is 11.5 Å². The summed E-state index contributed by atoms with van der Waals surface area (Å²) < 4.78 is 11.8. The molecule has 1 unspecified atom stereocenters. The van der Waals surface area contributed by atoms with Gasteiger partial charge in [-0.1, -0.05) is 54.6 Å². The summed E-state index contributed by atoms with van der Waals surface area (Å²) in [6.07, 6.45) is 0.117. The fraction of sp³-hybridized carbons (Fsp3) is 0.136. The van der Waals surface area contributed by atoms with Gasteiger partial charge in [0.05, 0.1) is 12.0 Å². The zero-order chi connectivity index (χ0) is 17.1. The summed E-state index contributed by atoms with van der Waals surface area (Å²) in [5.41, 5.74) is 2.78. The highest BCUT2D eigenvalue weighted by molar-refractivity contribution is 5.99. The Morgan fingerprint density at radius 2 is 1.60 bits per heavy atom. The maximum atomic E-state index is 12.3. The molecule has 1 aliphatic heterocycles. The second-order valence-corrected chi connectivity index (χ2v) is 6.07. The molecule has 0 spiro atoms. The van der Waals surface area contributed by atoms with Gasteiger partial charge in [-0.2, -0.15) is 0 Å². The average Bonchev–Trinajstić information content (AvgIpc) is 2.68. The molecule has 0 bridgehead atoms. The van der Waals surface area contributed by atoms with Gasteiger partial charge in [0.1, 0.15) is 24.2 Å². The SMILES string of the molecule is O=C1CC(c2ccc(OCc3ccccc3)cc2)Oc2ccccc21. The van der Waals surface area contributed by atoms with Crippen LogP contribution < -0.4 is 9.47 Å². The molecule has 124 valence electrons. The quantitative estimate of drug-likeness (QED) is 0.677. The molecule has 1 aliphatic rings. The number of para-hydroxylation sites is 1. The molecule has 0 fully saturated rings. The Morgan fingerprint density at radius 3 is 2.40 bits per heavy atom. The minimum atomic E-state index is -0.245. The Hall–Kier alpha value is -3.07. The van der Waals surface area contributed by atoms with E-state index < -0.39 is 0 Å². The fourth-order valence-electron chi connectivity index (χ4n) is 2.98. The number of carbonyl (C=O) groups excluding carboxylic acids is 1. The Morgan fingerprint density at radius 1 is 0.880 bits per heavy atom. The molecule has 1 atom stereocenters. The zero-order valence-corrected chi connectivity index (χ0v) is 13.7. The Kier molecular flexibility index (Phi) is 4.21. The molecule has 0 N–H and O–H groups in total. The molecule has 25 heavy (non-hydrogen) atoms. The van der Waals surface area contributed by atoms with E-state index in [1.165, 1.54) is 0 Å². The van der Waals surface area contributed by atoms with Crippen LogP contribution in [0.5, 0.6) is 11.5 Å². The Labute approximate surface area is 146 Å². The lowest BCUT2D eigenvalue weighted by atomic mass is 9.96. The summed E-state index contributed by atoms with van der Waals surface area (Å²) in [6, 6.07) is 25.2. The van der Waals surface area contributed by atoms with E-state index in [1.54, 1.807) is 0 Å². The van der Waals surface area contributed by atoms with Gasteiger partial charge in [0.25, 0.3) is 0 Å². The number of hydrogen-bond donors (Lipinski definition) is 0. The molecule has 0 saturated heterocycles. The Balaban J connectivity index is 1.45. The van der Waals surface area contributed by atoms with Gasteiger partial charge in [0.2, 0.25) is 0 Å². The maximum Gasteiger partial charge on any atom is 0.170 e. The summed E-state index contributed by atoms with van der Waals surface area (Å²) in [5, 5.41) is 0. The van der Waals surface area contributed by atoms with Crippen LogP contribution in [0, 0.1) is 0 Å². The molecule has 0 saturated carbocycles. The molecule has 0 amide bonds. The van der Waals surface area contributed by atoms with Crippen LogP contribution in [0.3, 0.4) is 0 Å². The third-order valence-corrected chi connectivity index (χ3v) is 4.33. The predicted octanol–water partition coefficient (Wildman–Crippen LogP) is 4.97. The first-order valence-corrected chi connectivity index (χ1v) is 8.35. The first-order chi connectivity index (χ1) is 12.3. The van der Waals surface area contributed by atoms with Crippen molar-refractivity contribution in [2.24, 2.45) is 0 Å². The molecule has 0 aliphatic carbocycles. The number of Topliss-reactive ketones (excluding diaryl/α,β-unsaturated/α-hetero) is 1. The van der Waals surface area contributed by atoms with Crippen molar-refractivity contribution in [3.63, 3.8) is 0 Å². The molecule has 0 radical (unpaired) electrons. The highest BCUT2D eigenvalue weighted by Gasteiger charge is 2.27. The predicted molar refractivity (Wildman–Crippen MR) is 96.0 cm³/mol. The molecule has 1 heterocycles. The van der Waals surface area contributed by atoms with Crippen LogP contribution in [0.4, 0.5) is 0 Å². The topological polar surface area (TPSA) is 35.5 Å². The molecule has 3 nitrogen and oxygen atoms in total. The van der Waals surface area contributed by atoms with Crippen molar-refractivity contribution < 1.29 is 14.3 Å². The lowest BCUT2D eigenvalue weighted by Crippen LogP contribution is -2.20. The van der Waals surface area contributed by atoms with Gasteiger partial charge in [-0.05, 0) is 35.4 Å². The van der Waals surface area contributed by atoms with Crippen molar-refractivity contribution in [2.75, 3.05) is 0 Å². The van der Waals surface area contributed by atoms with Gasteiger partial charge < -0.3 is 9.47 Å². The van der Waals surface area contributed by atoms with Gasteiger partial charge in [0.15, 0.2) is 5.78 Å². The molecular weight excluding hydrogens is 312 g/mol. The van der Waals surface area contributed by atoms with E-state index in [-0.39, 0.29) is 11.9 Å². The largest absolute Gasteiger partial charge is 0.489 e.